The van der Waals surface area contributed by atoms with Crippen molar-refractivity contribution < 1.29 is 0 Å². The van der Waals surface area contributed by atoms with Crippen molar-refractivity contribution in [3.63, 3.8) is 0 Å². The zero-order chi connectivity index (χ0) is 27.8. The average molecular weight is 554 g/mol. The van der Waals surface area contributed by atoms with Gasteiger partial charge in [0.05, 0.1) is 16.7 Å². The van der Waals surface area contributed by atoms with Crippen LogP contribution in [0.1, 0.15) is 5.56 Å². The van der Waals surface area contributed by atoms with Gasteiger partial charge >= 0.3 is 0 Å². The maximum Gasteiger partial charge on any atom is 0.180 e. The quantitative estimate of drug-likeness (QED) is 0.200. The molecule has 0 aliphatic rings. The number of pyridine rings is 1. The predicted octanol–water partition coefficient (Wildman–Crippen LogP) is 10.5. The molecule has 0 saturated heterocycles. The molecule has 3 nitrogen and oxygen atoms in total. The summed E-state index contributed by atoms with van der Waals surface area (Å²) < 4.78 is 2.54. The molecule has 9 rings (SSSR count). The SMILES string of the molecule is Cc1ccc(-c2nc(-c3nc4ccccc4c4c5ccccc5c5sc6ccccc6c5c34)nc3ccccc23)cc1. The van der Waals surface area contributed by atoms with Gasteiger partial charge in [-0.15, -0.1) is 11.3 Å². The van der Waals surface area contributed by atoms with E-state index in [1.54, 1.807) is 0 Å². The highest BCUT2D eigenvalue weighted by molar-refractivity contribution is 7.27. The Balaban J connectivity index is 1.53. The zero-order valence-electron chi connectivity index (χ0n) is 22.8. The highest BCUT2D eigenvalue weighted by Gasteiger charge is 2.22. The van der Waals surface area contributed by atoms with Crippen LogP contribution in [0.5, 0.6) is 0 Å². The fraction of sp³-hybridized carbons (Fsp3) is 0.0263. The second-order valence-corrected chi connectivity index (χ2v) is 11.9. The van der Waals surface area contributed by atoms with Crippen LogP contribution in [0.2, 0.25) is 0 Å². The monoisotopic (exact) mass is 553 g/mol. The fourth-order valence-electron chi connectivity index (χ4n) is 6.39. The molecule has 0 fully saturated rings. The van der Waals surface area contributed by atoms with Crippen LogP contribution in [-0.2, 0) is 0 Å². The van der Waals surface area contributed by atoms with Gasteiger partial charge in [-0.2, -0.15) is 0 Å². The molecular formula is C38H23N3S. The fourth-order valence-corrected chi connectivity index (χ4v) is 7.64. The van der Waals surface area contributed by atoms with E-state index >= 15 is 0 Å². The van der Waals surface area contributed by atoms with E-state index in [2.05, 4.69) is 122 Å². The lowest BCUT2D eigenvalue weighted by Gasteiger charge is -2.15. The molecule has 0 bridgehead atoms. The maximum atomic E-state index is 5.35. The van der Waals surface area contributed by atoms with Crippen LogP contribution in [0.3, 0.4) is 0 Å². The van der Waals surface area contributed by atoms with Crippen LogP contribution >= 0.6 is 11.3 Å². The number of aromatic nitrogens is 3. The average Bonchev–Trinajstić information content (AvgIpc) is 3.44. The zero-order valence-corrected chi connectivity index (χ0v) is 23.6. The van der Waals surface area contributed by atoms with Crippen LogP contribution in [0.25, 0.3) is 86.3 Å². The minimum absolute atomic E-state index is 0.645. The van der Waals surface area contributed by atoms with E-state index < -0.39 is 0 Å². The van der Waals surface area contributed by atoms with Gasteiger partial charge in [0.1, 0.15) is 5.69 Å². The molecule has 0 aliphatic heterocycles. The third-order valence-corrected chi connectivity index (χ3v) is 9.52. The molecular weight excluding hydrogens is 531 g/mol. The van der Waals surface area contributed by atoms with E-state index in [0.29, 0.717) is 5.82 Å². The van der Waals surface area contributed by atoms with Crippen molar-refractivity contribution in [2.45, 2.75) is 6.92 Å². The van der Waals surface area contributed by atoms with E-state index in [0.717, 1.165) is 44.1 Å². The van der Waals surface area contributed by atoms with Gasteiger partial charge in [0.25, 0.3) is 0 Å². The smallest absolute Gasteiger partial charge is 0.180 e. The number of benzene rings is 6. The van der Waals surface area contributed by atoms with Crippen molar-refractivity contribution in [1.29, 1.82) is 0 Å². The first-order valence-electron chi connectivity index (χ1n) is 14.1. The van der Waals surface area contributed by atoms with E-state index in [-0.39, 0.29) is 0 Å². The molecule has 0 amide bonds. The summed E-state index contributed by atoms with van der Waals surface area (Å²) in [7, 11) is 0. The Hall–Kier alpha value is -5.19. The van der Waals surface area contributed by atoms with Crippen LogP contribution in [0, 0.1) is 6.92 Å². The largest absolute Gasteiger partial charge is 0.244 e. The van der Waals surface area contributed by atoms with Gasteiger partial charge in [0.2, 0.25) is 0 Å². The van der Waals surface area contributed by atoms with E-state index in [9.17, 15) is 0 Å². The number of hydrogen-bond donors (Lipinski definition) is 0. The molecule has 4 heteroatoms. The van der Waals surface area contributed by atoms with E-state index in [1.165, 1.54) is 41.9 Å². The Morgan fingerprint density at radius 2 is 1.07 bits per heavy atom. The molecule has 9 aromatic rings. The molecule has 0 radical (unpaired) electrons. The third-order valence-electron chi connectivity index (χ3n) is 8.32. The third kappa shape index (κ3) is 3.36. The Labute approximate surface area is 245 Å². The second-order valence-electron chi connectivity index (χ2n) is 10.9. The first-order chi connectivity index (χ1) is 20.7. The number of fused-ring (bicyclic) bond motifs is 11. The molecule has 42 heavy (non-hydrogen) atoms. The van der Waals surface area contributed by atoms with Crippen molar-refractivity contribution in [2.24, 2.45) is 0 Å². The minimum Gasteiger partial charge on any atom is -0.244 e. The lowest BCUT2D eigenvalue weighted by molar-refractivity contribution is 1.20. The molecule has 0 atom stereocenters. The summed E-state index contributed by atoms with van der Waals surface area (Å²) in [6.45, 7) is 2.11. The predicted molar refractivity (Wildman–Crippen MR) is 178 cm³/mol. The van der Waals surface area contributed by atoms with Crippen molar-refractivity contribution >= 4 is 74.9 Å². The Morgan fingerprint density at radius 3 is 1.86 bits per heavy atom. The van der Waals surface area contributed by atoms with Crippen molar-refractivity contribution in [2.75, 3.05) is 0 Å². The number of hydrogen-bond acceptors (Lipinski definition) is 4. The number of aryl methyl sites for hydroxylation is 1. The summed E-state index contributed by atoms with van der Waals surface area (Å²) in [4.78, 5) is 15.8. The first-order valence-corrected chi connectivity index (χ1v) is 14.9. The lowest BCUT2D eigenvalue weighted by atomic mass is 9.93. The summed E-state index contributed by atoms with van der Waals surface area (Å²) in [6, 6.07) is 42.8. The minimum atomic E-state index is 0.645. The first kappa shape index (κ1) is 23.5. The Morgan fingerprint density at radius 1 is 0.452 bits per heavy atom. The molecule has 3 aromatic heterocycles. The van der Waals surface area contributed by atoms with Crippen LogP contribution in [0.4, 0.5) is 0 Å². The molecule has 3 heterocycles. The van der Waals surface area contributed by atoms with Gasteiger partial charge < -0.3 is 0 Å². The highest BCUT2D eigenvalue weighted by Crippen LogP contribution is 2.48. The number of thiophene rings is 1. The molecule has 0 unspecified atom stereocenters. The van der Waals surface area contributed by atoms with Gasteiger partial charge in [0, 0.05) is 52.7 Å². The standard InChI is InChI=1S/C38H23N3S/c1-22-18-20-23(21-19-22)35-27-13-5-8-16-30(27)40-38(41-35)36-34-32(26-12-4-7-15-29(26)39-36)24-10-2-3-11-25(24)37-33(34)28-14-6-9-17-31(28)42-37/h2-21H,1H3. The Kier molecular flexibility index (Phi) is 4.98. The maximum absolute atomic E-state index is 5.35. The molecule has 6 aromatic carbocycles. The summed E-state index contributed by atoms with van der Waals surface area (Å²) in [5.41, 5.74) is 5.89. The topological polar surface area (TPSA) is 38.7 Å². The van der Waals surface area contributed by atoms with Gasteiger partial charge in [-0.05, 0) is 30.5 Å². The molecule has 0 saturated carbocycles. The van der Waals surface area contributed by atoms with Crippen molar-refractivity contribution in [3.05, 3.63) is 127 Å². The summed E-state index contributed by atoms with van der Waals surface area (Å²) in [5, 5.41) is 9.46. The summed E-state index contributed by atoms with van der Waals surface area (Å²) in [6.07, 6.45) is 0. The number of nitrogens with zero attached hydrogens (tertiary/aromatic N) is 3. The molecule has 0 aliphatic carbocycles. The highest BCUT2D eigenvalue weighted by atomic mass is 32.1. The van der Waals surface area contributed by atoms with Gasteiger partial charge in [-0.1, -0.05) is 109 Å². The summed E-state index contributed by atoms with van der Waals surface area (Å²) in [5.74, 6) is 0.645. The van der Waals surface area contributed by atoms with Gasteiger partial charge in [-0.25, -0.2) is 15.0 Å². The van der Waals surface area contributed by atoms with E-state index in [1.807, 2.05) is 17.4 Å². The summed E-state index contributed by atoms with van der Waals surface area (Å²) >= 11 is 1.85. The molecule has 0 spiro atoms. The number of rotatable bonds is 2. The van der Waals surface area contributed by atoms with Crippen LogP contribution in [-0.4, -0.2) is 15.0 Å². The van der Waals surface area contributed by atoms with E-state index in [4.69, 9.17) is 15.0 Å². The Bertz CT molecular complexity index is 2530. The number of para-hydroxylation sites is 2. The molecule has 0 N–H and O–H groups in total. The van der Waals surface area contributed by atoms with Crippen molar-refractivity contribution in [1.82, 2.24) is 15.0 Å². The lowest BCUT2D eigenvalue weighted by Crippen LogP contribution is -1.99. The van der Waals surface area contributed by atoms with Crippen LogP contribution < -0.4 is 0 Å². The van der Waals surface area contributed by atoms with Crippen LogP contribution in [0.15, 0.2) is 121 Å². The van der Waals surface area contributed by atoms with Gasteiger partial charge in [-0.3, -0.25) is 0 Å². The van der Waals surface area contributed by atoms with Gasteiger partial charge in [0.15, 0.2) is 5.82 Å². The normalized spacial score (nSPS) is 11.9. The molecule has 196 valence electrons. The second kappa shape index (κ2) is 8.90. The van der Waals surface area contributed by atoms with Crippen molar-refractivity contribution in [3.8, 4) is 22.8 Å².